The lowest BCUT2D eigenvalue weighted by molar-refractivity contribution is 0.0718. The van der Waals surface area contributed by atoms with Crippen LogP contribution in [0, 0.1) is 0 Å². The van der Waals surface area contributed by atoms with E-state index in [0.29, 0.717) is 11.5 Å². The number of rotatable bonds is 3. The standard InChI is InChI=1S/C20H26N4O/c1-20(2,3)15-7-9-16(10-8-15)23-18-13-17(21-14-22-18)19(25)24-11-5-4-6-12-24/h7-10,13-14H,4-6,11-12H2,1-3H3,(H,21,22,23). The smallest absolute Gasteiger partial charge is 0.272 e. The summed E-state index contributed by atoms with van der Waals surface area (Å²) in [6.07, 6.45) is 4.79. The Morgan fingerprint density at radius 2 is 1.72 bits per heavy atom. The number of nitrogens with one attached hydrogen (secondary N) is 1. The first-order valence-electron chi connectivity index (χ1n) is 8.92. The van der Waals surface area contributed by atoms with Crippen LogP contribution in [0.1, 0.15) is 56.1 Å². The molecule has 25 heavy (non-hydrogen) atoms. The van der Waals surface area contributed by atoms with Gasteiger partial charge in [-0.15, -0.1) is 0 Å². The van der Waals surface area contributed by atoms with Crippen LogP contribution in [0.5, 0.6) is 0 Å². The second kappa shape index (κ2) is 7.21. The van der Waals surface area contributed by atoms with Gasteiger partial charge in [0.05, 0.1) is 0 Å². The first-order chi connectivity index (χ1) is 11.9. The molecule has 1 fully saturated rings. The molecule has 1 aromatic carbocycles. The van der Waals surface area contributed by atoms with Crippen molar-refractivity contribution in [3.63, 3.8) is 0 Å². The Balaban J connectivity index is 1.72. The topological polar surface area (TPSA) is 58.1 Å². The van der Waals surface area contributed by atoms with Crippen LogP contribution >= 0.6 is 0 Å². The first-order valence-corrected chi connectivity index (χ1v) is 8.92. The molecule has 2 aromatic rings. The molecule has 1 aromatic heterocycles. The Kier molecular flexibility index (Phi) is 5.02. The number of carbonyl (C=O) groups excluding carboxylic acids is 1. The van der Waals surface area contributed by atoms with E-state index in [2.05, 4.69) is 48.2 Å². The molecule has 0 bridgehead atoms. The second-order valence-corrected chi connectivity index (χ2v) is 7.59. The second-order valence-electron chi connectivity index (χ2n) is 7.59. The summed E-state index contributed by atoms with van der Waals surface area (Å²) in [5.41, 5.74) is 2.80. The third kappa shape index (κ3) is 4.35. The molecule has 0 radical (unpaired) electrons. The first kappa shape index (κ1) is 17.4. The predicted molar refractivity (Wildman–Crippen MR) is 100 cm³/mol. The molecule has 132 valence electrons. The van der Waals surface area contributed by atoms with Crippen molar-refractivity contribution in [2.45, 2.75) is 45.4 Å². The highest BCUT2D eigenvalue weighted by atomic mass is 16.2. The van der Waals surface area contributed by atoms with Crippen LogP contribution in [0.3, 0.4) is 0 Å². The predicted octanol–water partition coefficient (Wildman–Crippen LogP) is 4.14. The number of aromatic nitrogens is 2. The van der Waals surface area contributed by atoms with Crippen LogP contribution < -0.4 is 5.32 Å². The lowest BCUT2D eigenvalue weighted by atomic mass is 9.87. The van der Waals surface area contributed by atoms with Gasteiger partial charge in [0.25, 0.3) is 5.91 Å². The van der Waals surface area contributed by atoms with E-state index in [0.717, 1.165) is 31.6 Å². The number of carbonyl (C=O) groups is 1. The molecule has 0 aliphatic carbocycles. The van der Waals surface area contributed by atoms with Crippen molar-refractivity contribution in [1.82, 2.24) is 14.9 Å². The van der Waals surface area contributed by atoms with E-state index in [-0.39, 0.29) is 11.3 Å². The highest BCUT2D eigenvalue weighted by Gasteiger charge is 2.19. The van der Waals surface area contributed by atoms with E-state index < -0.39 is 0 Å². The fraction of sp³-hybridized carbons (Fsp3) is 0.450. The van der Waals surface area contributed by atoms with Gasteiger partial charge in [-0.1, -0.05) is 32.9 Å². The van der Waals surface area contributed by atoms with Crippen LogP contribution in [-0.2, 0) is 5.41 Å². The Hall–Kier alpha value is -2.43. The van der Waals surface area contributed by atoms with E-state index >= 15 is 0 Å². The molecule has 1 aliphatic rings. The van der Waals surface area contributed by atoms with Crippen molar-refractivity contribution in [3.05, 3.63) is 47.9 Å². The molecule has 1 N–H and O–H groups in total. The number of anilines is 2. The average molecular weight is 338 g/mol. The Labute approximate surface area is 149 Å². The molecule has 5 nitrogen and oxygen atoms in total. The summed E-state index contributed by atoms with van der Waals surface area (Å²) in [7, 11) is 0. The molecule has 2 heterocycles. The van der Waals surface area contributed by atoms with Gasteiger partial charge in [0.1, 0.15) is 17.8 Å². The summed E-state index contributed by atoms with van der Waals surface area (Å²) in [4.78, 5) is 22.9. The fourth-order valence-electron chi connectivity index (χ4n) is 3.00. The molecular formula is C20H26N4O. The molecule has 5 heteroatoms. The SMILES string of the molecule is CC(C)(C)c1ccc(Nc2cc(C(=O)N3CCCCC3)ncn2)cc1. The summed E-state index contributed by atoms with van der Waals surface area (Å²) in [6.45, 7) is 8.22. The normalized spacial score (nSPS) is 15.1. The lowest BCUT2D eigenvalue weighted by Gasteiger charge is -2.26. The van der Waals surface area contributed by atoms with Crippen molar-refractivity contribution in [3.8, 4) is 0 Å². The maximum atomic E-state index is 12.6. The molecule has 1 amide bonds. The van der Waals surface area contributed by atoms with E-state index in [1.165, 1.54) is 18.3 Å². The van der Waals surface area contributed by atoms with Crippen LogP contribution in [0.25, 0.3) is 0 Å². The van der Waals surface area contributed by atoms with Gasteiger partial charge in [0.2, 0.25) is 0 Å². The number of nitrogens with zero attached hydrogens (tertiary/aromatic N) is 3. The van der Waals surface area contributed by atoms with E-state index in [1.54, 1.807) is 6.07 Å². The van der Waals surface area contributed by atoms with Crippen molar-refractivity contribution in [2.24, 2.45) is 0 Å². The van der Waals surface area contributed by atoms with Crippen molar-refractivity contribution >= 4 is 17.4 Å². The minimum Gasteiger partial charge on any atom is -0.340 e. The zero-order chi connectivity index (χ0) is 17.9. The number of hydrogen-bond acceptors (Lipinski definition) is 4. The van der Waals surface area contributed by atoms with E-state index in [4.69, 9.17) is 0 Å². The van der Waals surface area contributed by atoms with Gasteiger partial charge in [0, 0.05) is 24.8 Å². The number of hydrogen-bond donors (Lipinski definition) is 1. The van der Waals surface area contributed by atoms with Crippen molar-refractivity contribution in [1.29, 1.82) is 0 Å². The molecule has 0 unspecified atom stereocenters. The number of benzene rings is 1. The Morgan fingerprint density at radius 3 is 2.36 bits per heavy atom. The van der Waals surface area contributed by atoms with Crippen LogP contribution in [0.4, 0.5) is 11.5 Å². The van der Waals surface area contributed by atoms with Gasteiger partial charge >= 0.3 is 0 Å². The fourth-order valence-corrected chi connectivity index (χ4v) is 3.00. The molecule has 3 rings (SSSR count). The highest BCUT2D eigenvalue weighted by Crippen LogP contribution is 2.24. The summed E-state index contributed by atoms with van der Waals surface area (Å²) >= 11 is 0. The zero-order valence-electron chi connectivity index (χ0n) is 15.2. The molecule has 0 saturated carbocycles. The van der Waals surface area contributed by atoms with Crippen LogP contribution in [-0.4, -0.2) is 33.9 Å². The minimum atomic E-state index is -0.00627. The zero-order valence-corrected chi connectivity index (χ0v) is 15.2. The highest BCUT2D eigenvalue weighted by molar-refractivity contribution is 5.93. The third-order valence-electron chi connectivity index (χ3n) is 4.55. The van der Waals surface area contributed by atoms with Crippen molar-refractivity contribution in [2.75, 3.05) is 18.4 Å². The third-order valence-corrected chi connectivity index (χ3v) is 4.55. The lowest BCUT2D eigenvalue weighted by Crippen LogP contribution is -2.36. The summed E-state index contributed by atoms with van der Waals surface area (Å²) in [5.74, 6) is 0.632. The summed E-state index contributed by atoms with van der Waals surface area (Å²) in [6, 6.07) is 10.0. The molecule has 0 atom stereocenters. The Bertz CT molecular complexity index is 728. The number of amides is 1. The molecule has 1 saturated heterocycles. The van der Waals surface area contributed by atoms with Crippen molar-refractivity contribution < 1.29 is 4.79 Å². The molecule has 1 aliphatic heterocycles. The van der Waals surface area contributed by atoms with E-state index in [1.807, 2.05) is 17.0 Å². The van der Waals surface area contributed by atoms with E-state index in [9.17, 15) is 4.79 Å². The maximum Gasteiger partial charge on any atom is 0.272 e. The van der Waals surface area contributed by atoms with Gasteiger partial charge in [-0.25, -0.2) is 9.97 Å². The van der Waals surface area contributed by atoms with Crippen LogP contribution in [0.15, 0.2) is 36.7 Å². The van der Waals surface area contributed by atoms with Gasteiger partial charge < -0.3 is 10.2 Å². The maximum absolute atomic E-state index is 12.6. The molecular weight excluding hydrogens is 312 g/mol. The van der Waals surface area contributed by atoms with Gasteiger partial charge in [-0.05, 0) is 42.4 Å². The Morgan fingerprint density at radius 1 is 1.04 bits per heavy atom. The molecule has 0 spiro atoms. The number of likely N-dealkylation sites (tertiary alicyclic amines) is 1. The van der Waals surface area contributed by atoms with Crippen LogP contribution in [0.2, 0.25) is 0 Å². The summed E-state index contributed by atoms with van der Waals surface area (Å²) < 4.78 is 0. The van der Waals surface area contributed by atoms with Gasteiger partial charge in [-0.3, -0.25) is 4.79 Å². The minimum absolute atomic E-state index is 0.00627. The number of piperidine rings is 1. The van der Waals surface area contributed by atoms with Gasteiger partial charge in [-0.2, -0.15) is 0 Å². The average Bonchev–Trinajstić information content (AvgIpc) is 2.62. The monoisotopic (exact) mass is 338 g/mol. The quantitative estimate of drug-likeness (QED) is 0.913. The largest absolute Gasteiger partial charge is 0.340 e. The van der Waals surface area contributed by atoms with Gasteiger partial charge in [0.15, 0.2) is 0 Å². The summed E-state index contributed by atoms with van der Waals surface area (Å²) in [5, 5.41) is 3.26.